The Bertz CT molecular complexity index is 887. The summed E-state index contributed by atoms with van der Waals surface area (Å²) in [7, 11) is 0. The lowest BCUT2D eigenvalue weighted by Crippen LogP contribution is -2.02. The van der Waals surface area contributed by atoms with E-state index in [9.17, 15) is 0 Å². The fourth-order valence-electron chi connectivity index (χ4n) is 2.23. The molecule has 0 saturated heterocycles. The number of hydrogen-bond donors (Lipinski definition) is 2. The molecule has 0 radical (unpaired) electrons. The van der Waals surface area contributed by atoms with Crippen LogP contribution in [0.3, 0.4) is 0 Å². The Hall–Kier alpha value is -3.59. The van der Waals surface area contributed by atoms with Gasteiger partial charge >= 0.3 is 0 Å². The zero-order valence-electron chi connectivity index (χ0n) is 13.7. The van der Waals surface area contributed by atoms with Gasteiger partial charge in [0.25, 0.3) is 0 Å². The van der Waals surface area contributed by atoms with E-state index in [2.05, 4.69) is 26.7 Å². The maximum atomic E-state index is 8.84. The van der Waals surface area contributed by atoms with Gasteiger partial charge in [-0.25, -0.2) is 4.98 Å². The zero-order valence-corrected chi connectivity index (χ0v) is 13.7. The molecule has 6 nitrogen and oxygen atoms in total. The summed E-state index contributed by atoms with van der Waals surface area (Å²) >= 11 is 0. The smallest absolute Gasteiger partial charge is 0.229 e. The van der Waals surface area contributed by atoms with E-state index in [1.165, 1.54) is 0 Å². The molecule has 3 rings (SSSR count). The van der Waals surface area contributed by atoms with Crippen molar-refractivity contribution >= 4 is 23.1 Å². The molecule has 3 aromatic rings. The van der Waals surface area contributed by atoms with Gasteiger partial charge in [0.15, 0.2) is 0 Å². The van der Waals surface area contributed by atoms with Crippen molar-refractivity contribution in [3.05, 3.63) is 66.4 Å². The van der Waals surface area contributed by atoms with Gasteiger partial charge in [0, 0.05) is 11.9 Å². The second-order valence-electron chi connectivity index (χ2n) is 5.13. The normalized spacial score (nSPS) is 9.92. The van der Waals surface area contributed by atoms with Crippen LogP contribution >= 0.6 is 0 Å². The molecule has 2 aromatic carbocycles. The molecule has 0 spiro atoms. The van der Waals surface area contributed by atoms with E-state index in [0.29, 0.717) is 23.9 Å². The Balaban J connectivity index is 1.76. The summed E-state index contributed by atoms with van der Waals surface area (Å²) in [5.74, 6) is 1.88. The number of aromatic nitrogens is 2. The minimum absolute atomic E-state index is 0.462. The summed E-state index contributed by atoms with van der Waals surface area (Å²) in [5, 5.41) is 15.2. The minimum Gasteiger partial charge on any atom is -0.492 e. The van der Waals surface area contributed by atoms with Crippen molar-refractivity contribution in [2.24, 2.45) is 0 Å². The van der Waals surface area contributed by atoms with Gasteiger partial charge in [-0.2, -0.15) is 10.2 Å². The SMILES string of the molecule is CCOc1ccccc1Nc1ccnc(Nc2ccc(C#N)cc2)n1. The van der Waals surface area contributed by atoms with Crippen LogP contribution in [-0.2, 0) is 0 Å². The summed E-state index contributed by atoms with van der Waals surface area (Å²) in [4.78, 5) is 8.67. The van der Waals surface area contributed by atoms with Gasteiger partial charge in [-0.3, -0.25) is 0 Å². The van der Waals surface area contributed by atoms with Crippen molar-refractivity contribution in [2.75, 3.05) is 17.2 Å². The molecule has 124 valence electrons. The van der Waals surface area contributed by atoms with E-state index in [0.717, 1.165) is 17.1 Å². The van der Waals surface area contributed by atoms with E-state index in [1.807, 2.05) is 43.3 Å². The molecule has 1 aromatic heterocycles. The van der Waals surface area contributed by atoms with Gasteiger partial charge in [-0.1, -0.05) is 12.1 Å². The highest BCUT2D eigenvalue weighted by Gasteiger charge is 2.05. The van der Waals surface area contributed by atoms with Crippen LogP contribution in [0.1, 0.15) is 12.5 Å². The summed E-state index contributed by atoms with van der Waals surface area (Å²) in [6.45, 7) is 2.54. The fraction of sp³-hybridized carbons (Fsp3) is 0.105. The number of rotatable bonds is 6. The predicted octanol–water partition coefficient (Wildman–Crippen LogP) is 4.23. The molecule has 6 heteroatoms. The van der Waals surface area contributed by atoms with Crippen molar-refractivity contribution in [3.63, 3.8) is 0 Å². The van der Waals surface area contributed by atoms with E-state index < -0.39 is 0 Å². The van der Waals surface area contributed by atoms with Gasteiger partial charge in [-0.15, -0.1) is 0 Å². The monoisotopic (exact) mass is 331 g/mol. The fourth-order valence-corrected chi connectivity index (χ4v) is 2.23. The van der Waals surface area contributed by atoms with E-state index in [1.54, 1.807) is 24.4 Å². The number of para-hydroxylation sites is 2. The van der Waals surface area contributed by atoms with Crippen LogP contribution in [0.4, 0.5) is 23.1 Å². The Morgan fingerprint density at radius 1 is 1.04 bits per heavy atom. The Morgan fingerprint density at radius 3 is 2.60 bits per heavy atom. The van der Waals surface area contributed by atoms with Crippen molar-refractivity contribution in [1.29, 1.82) is 5.26 Å². The third-order valence-corrected chi connectivity index (χ3v) is 3.38. The first-order valence-corrected chi connectivity index (χ1v) is 7.87. The highest BCUT2D eigenvalue weighted by Crippen LogP contribution is 2.27. The Kier molecular flexibility index (Phi) is 5.07. The quantitative estimate of drug-likeness (QED) is 0.703. The molecule has 0 saturated carbocycles. The van der Waals surface area contributed by atoms with Crippen LogP contribution in [0.15, 0.2) is 60.8 Å². The lowest BCUT2D eigenvalue weighted by atomic mass is 10.2. The predicted molar refractivity (Wildman–Crippen MR) is 97.4 cm³/mol. The summed E-state index contributed by atoms with van der Waals surface area (Å²) in [6.07, 6.45) is 1.67. The molecule has 0 aliphatic heterocycles. The first kappa shape index (κ1) is 16.3. The lowest BCUT2D eigenvalue weighted by Gasteiger charge is -2.12. The Labute approximate surface area is 146 Å². The maximum Gasteiger partial charge on any atom is 0.229 e. The first-order chi connectivity index (χ1) is 12.3. The molecule has 0 unspecified atom stereocenters. The minimum atomic E-state index is 0.462. The molecule has 0 aliphatic carbocycles. The summed E-state index contributed by atoms with van der Waals surface area (Å²) < 4.78 is 5.61. The molecule has 0 amide bonds. The summed E-state index contributed by atoms with van der Waals surface area (Å²) in [6, 6.07) is 18.7. The molecular formula is C19H17N5O. The van der Waals surface area contributed by atoms with E-state index in [-0.39, 0.29) is 0 Å². The van der Waals surface area contributed by atoms with Gasteiger partial charge < -0.3 is 15.4 Å². The van der Waals surface area contributed by atoms with Crippen LogP contribution in [-0.4, -0.2) is 16.6 Å². The van der Waals surface area contributed by atoms with E-state index in [4.69, 9.17) is 10.00 Å². The molecular weight excluding hydrogens is 314 g/mol. The molecule has 0 bridgehead atoms. The van der Waals surface area contributed by atoms with Gasteiger partial charge in [0.05, 0.1) is 23.9 Å². The number of ether oxygens (including phenoxy) is 1. The average molecular weight is 331 g/mol. The molecule has 0 fully saturated rings. The number of nitriles is 1. The molecule has 0 aliphatic rings. The number of hydrogen-bond acceptors (Lipinski definition) is 6. The second-order valence-corrected chi connectivity index (χ2v) is 5.13. The first-order valence-electron chi connectivity index (χ1n) is 7.87. The standard InChI is InChI=1S/C19H17N5O/c1-2-25-17-6-4-3-5-16(17)23-18-11-12-21-19(24-18)22-15-9-7-14(13-20)8-10-15/h3-12H,2H2,1H3,(H2,21,22,23,24). The van der Waals surface area contributed by atoms with E-state index >= 15 is 0 Å². The number of anilines is 4. The third-order valence-electron chi connectivity index (χ3n) is 3.38. The van der Waals surface area contributed by atoms with Gasteiger partial charge in [0.1, 0.15) is 11.6 Å². The summed E-state index contributed by atoms with van der Waals surface area (Å²) in [5.41, 5.74) is 2.26. The van der Waals surface area contributed by atoms with Crippen LogP contribution in [0, 0.1) is 11.3 Å². The van der Waals surface area contributed by atoms with Crippen molar-refractivity contribution in [1.82, 2.24) is 9.97 Å². The van der Waals surface area contributed by atoms with Gasteiger partial charge in [-0.05, 0) is 49.4 Å². The maximum absolute atomic E-state index is 8.84. The van der Waals surface area contributed by atoms with Crippen LogP contribution in [0.5, 0.6) is 5.75 Å². The highest BCUT2D eigenvalue weighted by molar-refractivity contribution is 5.65. The van der Waals surface area contributed by atoms with Crippen LogP contribution in [0.2, 0.25) is 0 Å². The second kappa shape index (κ2) is 7.79. The highest BCUT2D eigenvalue weighted by atomic mass is 16.5. The van der Waals surface area contributed by atoms with Crippen LogP contribution in [0.25, 0.3) is 0 Å². The molecule has 0 atom stereocenters. The lowest BCUT2D eigenvalue weighted by molar-refractivity contribution is 0.342. The third kappa shape index (κ3) is 4.24. The van der Waals surface area contributed by atoms with Crippen molar-refractivity contribution < 1.29 is 4.74 Å². The largest absolute Gasteiger partial charge is 0.492 e. The van der Waals surface area contributed by atoms with Crippen molar-refractivity contribution in [3.8, 4) is 11.8 Å². The molecule has 1 heterocycles. The molecule has 2 N–H and O–H groups in total. The number of nitrogens with zero attached hydrogens (tertiary/aromatic N) is 3. The Morgan fingerprint density at radius 2 is 1.84 bits per heavy atom. The molecule has 25 heavy (non-hydrogen) atoms. The zero-order chi connectivity index (χ0) is 17.5. The topological polar surface area (TPSA) is 82.9 Å². The van der Waals surface area contributed by atoms with Crippen molar-refractivity contribution in [2.45, 2.75) is 6.92 Å². The van der Waals surface area contributed by atoms with Gasteiger partial charge in [0.2, 0.25) is 5.95 Å². The number of benzene rings is 2. The average Bonchev–Trinajstić information content (AvgIpc) is 2.65. The number of nitrogens with one attached hydrogen (secondary N) is 2. The van der Waals surface area contributed by atoms with Crippen LogP contribution < -0.4 is 15.4 Å².